The summed E-state index contributed by atoms with van der Waals surface area (Å²) in [6.07, 6.45) is 0. The van der Waals surface area contributed by atoms with Gasteiger partial charge in [0.05, 0.1) is 10.9 Å². The Kier molecular flexibility index (Phi) is 5.34. The first kappa shape index (κ1) is 19.5. The zero-order valence-electron chi connectivity index (χ0n) is 16.6. The summed E-state index contributed by atoms with van der Waals surface area (Å²) in [4.78, 5) is 32.6. The second-order valence-electron chi connectivity index (χ2n) is 7.61. The van der Waals surface area contributed by atoms with Crippen LogP contribution in [0.1, 0.15) is 21.5 Å². The molecule has 1 N–H and O–H groups in total. The van der Waals surface area contributed by atoms with E-state index in [9.17, 15) is 9.59 Å². The Labute approximate surface area is 174 Å². The van der Waals surface area contributed by atoms with Crippen LogP contribution in [0, 0.1) is 11.7 Å². The Morgan fingerprint density at radius 1 is 1.10 bits per heavy atom. The molecule has 0 unspecified atom stereocenters. The van der Waals surface area contributed by atoms with Crippen LogP contribution in [-0.2, 0) is 13.6 Å². The molecule has 0 aliphatic carbocycles. The number of nitrogens with zero attached hydrogens (tertiary/aromatic N) is 3. The number of nitrogens with one attached hydrogen (secondary N) is 1. The lowest BCUT2D eigenvalue weighted by Gasteiger charge is -2.34. The number of aromatic nitrogens is 2. The monoisotopic (exact) mass is 408 g/mol. The molecule has 2 aromatic carbocycles. The molecule has 1 aromatic heterocycles. The van der Waals surface area contributed by atoms with Crippen LogP contribution in [0.3, 0.4) is 0 Å². The van der Waals surface area contributed by atoms with Crippen molar-refractivity contribution in [1.82, 2.24) is 19.4 Å². The van der Waals surface area contributed by atoms with E-state index in [1.807, 2.05) is 4.90 Å². The Hall–Kier alpha value is -2.77. The lowest BCUT2D eigenvalue weighted by Crippen LogP contribution is -2.48. The zero-order chi connectivity index (χ0) is 20.5. The molecular weight excluding hydrogens is 384 g/mol. The van der Waals surface area contributed by atoms with Gasteiger partial charge >= 0.3 is 0 Å². The van der Waals surface area contributed by atoms with E-state index in [-0.39, 0.29) is 11.5 Å². The number of fused-ring (bicyclic) bond motifs is 1. The number of aromatic amines is 1. The summed E-state index contributed by atoms with van der Waals surface area (Å²) in [7, 11) is 1.63. The van der Waals surface area contributed by atoms with Gasteiger partial charge in [0, 0.05) is 45.3 Å². The van der Waals surface area contributed by atoms with E-state index in [1.54, 1.807) is 25.2 Å². The van der Waals surface area contributed by atoms with Gasteiger partial charge in [0.15, 0.2) is 4.77 Å². The highest BCUT2D eigenvalue weighted by atomic mass is 32.1. The molecule has 7 heteroatoms. The second kappa shape index (κ2) is 7.93. The molecule has 1 saturated heterocycles. The molecule has 0 radical (unpaired) electrons. The summed E-state index contributed by atoms with van der Waals surface area (Å²) in [5.74, 6) is -0.0119. The summed E-state index contributed by atoms with van der Waals surface area (Å²) >= 11 is 5.18. The number of hydrogen-bond acceptors (Lipinski definition) is 4. The first-order valence-corrected chi connectivity index (χ1v) is 10.1. The maximum atomic E-state index is 13.0. The smallest absolute Gasteiger partial charge is 0.261 e. The number of hydrogen-bond donors (Lipinski definition) is 1. The standard InChI is InChI=1S/C22H24N4O2S/c1-15-4-3-5-16(12-15)14-25-8-10-26(11-9-25)20(27)17-6-7-18-19(13-17)23-22(29)24(2)21(18)28/h3-7,12-13H,8-11,14H2,1-2H3,(H,23,29). The highest BCUT2D eigenvalue weighted by molar-refractivity contribution is 7.71. The van der Waals surface area contributed by atoms with Crippen molar-refractivity contribution < 1.29 is 4.79 Å². The third-order valence-electron chi connectivity index (χ3n) is 5.50. The first-order valence-electron chi connectivity index (χ1n) is 9.72. The van der Waals surface area contributed by atoms with Crippen molar-refractivity contribution in [3.63, 3.8) is 0 Å². The van der Waals surface area contributed by atoms with E-state index in [4.69, 9.17) is 12.2 Å². The molecule has 1 aliphatic heterocycles. The van der Waals surface area contributed by atoms with Gasteiger partial charge in [-0.05, 0) is 42.9 Å². The zero-order valence-corrected chi connectivity index (χ0v) is 17.5. The number of benzene rings is 2. The summed E-state index contributed by atoms with van der Waals surface area (Å²) in [6.45, 7) is 6.07. The normalized spacial score (nSPS) is 15.0. The highest BCUT2D eigenvalue weighted by Gasteiger charge is 2.22. The molecule has 1 amide bonds. The number of rotatable bonds is 3. The van der Waals surface area contributed by atoms with Crippen LogP contribution in [0.5, 0.6) is 0 Å². The van der Waals surface area contributed by atoms with Crippen molar-refractivity contribution in [3.05, 3.63) is 74.3 Å². The van der Waals surface area contributed by atoms with Crippen molar-refractivity contribution in [2.75, 3.05) is 26.2 Å². The van der Waals surface area contributed by atoms with E-state index < -0.39 is 0 Å². The van der Waals surface area contributed by atoms with E-state index >= 15 is 0 Å². The molecular formula is C22H24N4O2S. The van der Waals surface area contributed by atoms with Gasteiger partial charge in [-0.3, -0.25) is 19.1 Å². The summed E-state index contributed by atoms with van der Waals surface area (Å²) < 4.78 is 1.74. The molecule has 4 rings (SSSR count). The Morgan fingerprint density at radius 2 is 1.86 bits per heavy atom. The number of aryl methyl sites for hydroxylation is 1. The third kappa shape index (κ3) is 4.02. The van der Waals surface area contributed by atoms with Gasteiger partial charge in [-0.15, -0.1) is 0 Å². The van der Waals surface area contributed by atoms with Crippen LogP contribution in [0.2, 0.25) is 0 Å². The highest BCUT2D eigenvalue weighted by Crippen LogP contribution is 2.15. The molecule has 3 aromatic rings. The number of piperazine rings is 1. The van der Waals surface area contributed by atoms with Crippen LogP contribution in [0.15, 0.2) is 47.3 Å². The number of H-pyrrole nitrogens is 1. The van der Waals surface area contributed by atoms with Gasteiger partial charge in [-0.1, -0.05) is 29.8 Å². The maximum Gasteiger partial charge on any atom is 0.261 e. The molecule has 1 fully saturated rings. The van der Waals surface area contributed by atoms with Crippen LogP contribution in [0.4, 0.5) is 0 Å². The predicted octanol–water partition coefficient (Wildman–Crippen LogP) is 2.86. The maximum absolute atomic E-state index is 13.0. The van der Waals surface area contributed by atoms with E-state index in [0.717, 1.165) is 19.6 Å². The molecule has 29 heavy (non-hydrogen) atoms. The largest absolute Gasteiger partial charge is 0.336 e. The van der Waals surface area contributed by atoms with Gasteiger partial charge < -0.3 is 9.88 Å². The minimum absolute atomic E-state index is 0.0119. The molecule has 0 spiro atoms. The lowest BCUT2D eigenvalue weighted by molar-refractivity contribution is 0.0628. The summed E-state index contributed by atoms with van der Waals surface area (Å²) in [6, 6.07) is 13.7. The van der Waals surface area contributed by atoms with Crippen LogP contribution < -0.4 is 5.56 Å². The van der Waals surface area contributed by atoms with Crippen LogP contribution in [0.25, 0.3) is 10.9 Å². The van der Waals surface area contributed by atoms with E-state index in [0.29, 0.717) is 34.3 Å². The van der Waals surface area contributed by atoms with Gasteiger partial charge in [-0.2, -0.15) is 0 Å². The average Bonchev–Trinajstić information content (AvgIpc) is 2.72. The minimum atomic E-state index is -0.160. The molecule has 1 aliphatic rings. The van der Waals surface area contributed by atoms with Crippen molar-refractivity contribution in [3.8, 4) is 0 Å². The lowest BCUT2D eigenvalue weighted by atomic mass is 10.1. The Balaban J connectivity index is 1.46. The molecule has 150 valence electrons. The van der Waals surface area contributed by atoms with E-state index in [2.05, 4.69) is 41.1 Å². The topological polar surface area (TPSA) is 61.3 Å². The fourth-order valence-electron chi connectivity index (χ4n) is 3.80. The average molecular weight is 409 g/mol. The fourth-order valence-corrected chi connectivity index (χ4v) is 3.99. The fraction of sp³-hybridized carbons (Fsp3) is 0.318. The third-order valence-corrected chi connectivity index (χ3v) is 5.87. The van der Waals surface area contributed by atoms with Crippen molar-refractivity contribution in [2.45, 2.75) is 13.5 Å². The Bertz CT molecular complexity index is 1190. The Morgan fingerprint density at radius 3 is 2.59 bits per heavy atom. The van der Waals surface area contributed by atoms with Crippen molar-refractivity contribution >= 4 is 29.0 Å². The van der Waals surface area contributed by atoms with Crippen molar-refractivity contribution in [2.24, 2.45) is 7.05 Å². The number of amides is 1. The van der Waals surface area contributed by atoms with Crippen LogP contribution in [-0.4, -0.2) is 51.4 Å². The number of carbonyl (C=O) groups is 1. The molecule has 0 bridgehead atoms. The second-order valence-corrected chi connectivity index (χ2v) is 8.00. The minimum Gasteiger partial charge on any atom is -0.336 e. The molecule has 2 heterocycles. The van der Waals surface area contributed by atoms with Gasteiger partial charge in [0.1, 0.15) is 0 Å². The summed E-state index contributed by atoms with van der Waals surface area (Å²) in [5, 5.41) is 0.528. The van der Waals surface area contributed by atoms with Gasteiger partial charge in [0.2, 0.25) is 0 Å². The van der Waals surface area contributed by atoms with E-state index in [1.165, 1.54) is 15.7 Å². The first-order chi connectivity index (χ1) is 13.9. The van der Waals surface area contributed by atoms with Crippen molar-refractivity contribution in [1.29, 1.82) is 0 Å². The SMILES string of the molecule is Cc1cccc(CN2CCN(C(=O)c3ccc4c(=O)n(C)c(=S)[nH]c4c3)CC2)c1. The van der Waals surface area contributed by atoms with Gasteiger partial charge in [0.25, 0.3) is 11.5 Å². The molecule has 0 saturated carbocycles. The molecule has 6 nitrogen and oxygen atoms in total. The number of carbonyl (C=O) groups excluding carboxylic acids is 1. The quantitative estimate of drug-likeness (QED) is 0.677. The molecule has 0 atom stereocenters. The van der Waals surface area contributed by atoms with Crippen LogP contribution >= 0.6 is 12.2 Å². The summed E-state index contributed by atoms with van der Waals surface area (Å²) in [5.41, 5.74) is 3.58. The predicted molar refractivity (Wildman–Crippen MR) is 117 cm³/mol. The van der Waals surface area contributed by atoms with Gasteiger partial charge in [-0.25, -0.2) is 0 Å².